The summed E-state index contributed by atoms with van der Waals surface area (Å²) in [5.74, 6) is 0.589. The lowest BCUT2D eigenvalue weighted by Gasteiger charge is -2.17. The molecule has 2 N–H and O–H groups in total. The maximum atomic E-state index is 13.6. The highest BCUT2D eigenvalue weighted by atomic mass is 79.9. The van der Waals surface area contributed by atoms with Gasteiger partial charge in [-0.15, -0.1) is 0 Å². The second-order valence-electron chi connectivity index (χ2n) is 5.12. The maximum absolute atomic E-state index is 13.6. The molecule has 20 heavy (non-hydrogen) atoms. The van der Waals surface area contributed by atoms with Gasteiger partial charge in [-0.05, 0) is 47.9 Å². The first-order valence-corrected chi connectivity index (χ1v) is 7.31. The monoisotopic (exact) mass is 335 g/mol. The number of benzene rings is 2. The SMILES string of the molecule is Cc1cc(F)cc(C(N)c2cc(Br)cc3c2OCC3)c1. The fourth-order valence-electron chi connectivity index (χ4n) is 2.65. The number of nitrogens with two attached hydrogens (primary N) is 1. The summed E-state index contributed by atoms with van der Waals surface area (Å²) in [6.07, 6.45) is 0.886. The van der Waals surface area contributed by atoms with Crippen molar-refractivity contribution >= 4 is 15.9 Å². The summed E-state index contributed by atoms with van der Waals surface area (Å²) in [7, 11) is 0. The van der Waals surface area contributed by atoms with Crippen LogP contribution in [0.4, 0.5) is 4.39 Å². The van der Waals surface area contributed by atoms with Gasteiger partial charge in [0.2, 0.25) is 0 Å². The summed E-state index contributed by atoms with van der Waals surface area (Å²) in [6, 6.07) is 8.51. The van der Waals surface area contributed by atoms with Gasteiger partial charge in [0.25, 0.3) is 0 Å². The predicted molar refractivity (Wildman–Crippen MR) is 80.5 cm³/mol. The first-order chi connectivity index (χ1) is 9.54. The van der Waals surface area contributed by atoms with Gasteiger partial charge in [-0.3, -0.25) is 0 Å². The van der Waals surface area contributed by atoms with E-state index >= 15 is 0 Å². The molecule has 2 nitrogen and oxygen atoms in total. The van der Waals surface area contributed by atoms with Crippen LogP contribution >= 0.6 is 15.9 Å². The van der Waals surface area contributed by atoms with Crippen LogP contribution in [0.25, 0.3) is 0 Å². The fourth-order valence-corrected chi connectivity index (χ4v) is 3.18. The van der Waals surface area contributed by atoms with E-state index < -0.39 is 6.04 Å². The first-order valence-electron chi connectivity index (χ1n) is 6.52. The summed E-state index contributed by atoms with van der Waals surface area (Å²) in [4.78, 5) is 0. The Morgan fingerprint density at radius 1 is 1.25 bits per heavy atom. The zero-order valence-corrected chi connectivity index (χ0v) is 12.7. The normalized spacial score (nSPS) is 14.8. The number of rotatable bonds is 2. The van der Waals surface area contributed by atoms with Crippen LogP contribution in [0.15, 0.2) is 34.8 Å². The van der Waals surface area contributed by atoms with Gasteiger partial charge >= 0.3 is 0 Å². The van der Waals surface area contributed by atoms with E-state index in [-0.39, 0.29) is 5.82 Å². The van der Waals surface area contributed by atoms with Crippen molar-refractivity contribution in [1.29, 1.82) is 0 Å². The number of hydrogen-bond donors (Lipinski definition) is 1. The van der Waals surface area contributed by atoms with Gasteiger partial charge in [0.05, 0.1) is 12.6 Å². The molecule has 0 aromatic heterocycles. The number of fused-ring (bicyclic) bond motifs is 1. The topological polar surface area (TPSA) is 35.2 Å². The van der Waals surface area contributed by atoms with Crippen molar-refractivity contribution in [3.05, 3.63) is 62.9 Å². The third kappa shape index (κ3) is 2.45. The van der Waals surface area contributed by atoms with Crippen molar-refractivity contribution in [3.8, 4) is 5.75 Å². The van der Waals surface area contributed by atoms with Crippen LogP contribution in [-0.4, -0.2) is 6.61 Å². The van der Waals surface area contributed by atoms with Crippen molar-refractivity contribution < 1.29 is 9.13 Å². The number of halogens is 2. The van der Waals surface area contributed by atoms with E-state index in [1.807, 2.05) is 19.1 Å². The zero-order valence-electron chi connectivity index (χ0n) is 11.1. The van der Waals surface area contributed by atoms with Gasteiger partial charge < -0.3 is 10.5 Å². The van der Waals surface area contributed by atoms with Gasteiger partial charge in [0.1, 0.15) is 11.6 Å². The molecule has 3 rings (SSSR count). The number of aryl methyl sites for hydroxylation is 1. The molecular formula is C16H15BrFNO. The van der Waals surface area contributed by atoms with Crippen LogP contribution in [0.1, 0.15) is 28.3 Å². The highest BCUT2D eigenvalue weighted by molar-refractivity contribution is 9.10. The highest BCUT2D eigenvalue weighted by Gasteiger charge is 2.22. The largest absolute Gasteiger partial charge is 0.493 e. The molecule has 0 saturated heterocycles. The molecule has 0 radical (unpaired) electrons. The molecule has 1 heterocycles. The number of ether oxygens (including phenoxy) is 1. The maximum Gasteiger partial charge on any atom is 0.127 e. The molecule has 0 spiro atoms. The lowest BCUT2D eigenvalue weighted by atomic mass is 9.95. The second-order valence-corrected chi connectivity index (χ2v) is 6.04. The summed E-state index contributed by atoms with van der Waals surface area (Å²) in [6.45, 7) is 2.54. The van der Waals surface area contributed by atoms with E-state index in [0.29, 0.717) is 6.61 Å². The van der Waals surface area contributed by atoms with Gasteiger partial charge in [0.15, 0.2) is 0 Å². The summed E-state index contributed by atoms with van der Waals surface area (Å²) in [5.41, 5.74) is 10.0. The quantitative estimate of drug-likeness (QED) is 0.903. The first kappa shape index (κ1) is 13.6. The fraction of sp³-hybridized carbons (Fsp3) is 0.250. The van der Waals surface area contributed by atoms with Crippen LogP contribution in [0, 0.1) is 12.7 Å². The minimum atomic E-state index is -0.395. The molecule has 104 valence electrons. The van der Waals surface area contributed by atoms with Crippen LogP contribution < -0.4 is 10.5 Å². The Morgan fingerprint density at radius 3 is 2.80 bits per heavy atom. The summed E-state index contributed by atoms with van der Waals surface area (Å²) < 4.78 is 20.2. The highest BCUT2D eigenvalue weighted by Crippen LogP contribution is 2.37. The Hall–Kier alpha value is -1.39. The average Bonchev–Trinajstić information content (AvgIpc) is 2.83. The molecule has 1 unspecified atom stereocenters. The van der Waals surface area contributed by atoms with E-state index in [1.165, 1.54) is 12.1 Å². The van der Waals surface area contributed by atoms with Crippen molar-refractivity contribution in [1.82, 2.24) is 0 Å². The van der Waals surface area contributed by atoms with Gasteiger partial charge in [-0.1, -0.05) is 22.0 Å². The average molecular weight is 336 g/mol. The van der Waals surface area contributed by atoms with Crippen molar-refractivity contribution in [3.63, 3.8) is 0 Å². The third-order valence-corrected chi connectivity index (χ3v) is 3.99. The molecule has 2 aromatic carbocycles. The van der Waals surface area contributed by atoms with Crippen LogP contribution in [0.2, 0.25) is 0 Å². The number of hydrogen-bond acceptors (Lipinski definition) is 2. The lowest BCUT2D eigenvalue weighted by molar-refractivity contribution is 0.352. The van der Waals surface area contributed by atoms with E-state index in [1.54, 1.807) is 0 Å². The Labute approximate surface area is 125 Å². The Balaban J connectivity index is 2.08. The van der Waals surface area contributed by atoms with Gasteiger partial charge in [0, 0.05) is 16.5 Å². The molecule has 0 saturated carbocycles. The minimum absolute atomic E-state index is 0.261. The molecule has 0 fully saturated rings. The molecule has 1 aliphatic heterocycles. The molecule has 1 aliphatic rings. The van der Waals surface area contributed by atoms with E-state index in [2.05, 4.69) is 22.0 Å². The smallest absolute Gasteiger partial charge is 0.127 e. The van der Waals surface area contributed by atoms with Crippen LogP contribution in [0.5, 0.6) is 5.75 Å². The van der Waals surface area contributed by atoms with E-state index in [9.17, 15) is 4.39 Å². The minimum Gasteiger partial charge on any atom is -0.493 e. The molecule has 1 atom stereocenters. The van der Waals surface area contributed by atoms with Crippen molar-refractivity contribution in [2.45, 2.75) is 19.4 Å². The second kappa shape index (κ2) is 5.19. The Morgan fingerprint density at radius 2 is 2.05 bits per heavy atom. The molecule has 0 bridgehead atoms. The Bertz CT molecular complexity index is 652. The standard InChI is InChI=1S/C16H15BrFNO/c1-9-4-11(7-13(18)5-9)15(19)14-8-12(17)6-10-2-3-20-16(10)14/h4-8,15H,2-3,19H2,1H3. The summed E-state index contributed by atoms with van der Waals surface area (Å²) >= 11 is 3.50. The molecule has 4 heteroatoms. The molecular weight excluding hydrogens is 321 g/mol. The van der Waals surface area contributed by atoms with Gasteiger partial charge in [-0.25, -0.2) is 4.39 Å². The molecule has 0 amide bonds. The van der Waals surface area contributed by atoms with Gasteiger partial charge in [-0.2, -0.15) is 0 Å². The lowest BCUT2D eigenvalue weighted by Crippen LogP contribution is -2.13. The van der Waals surface area contributed by atoms with Crippen molar-refractivity contribution in [2.75, 3.05) is 6.61 Å². The third-order valence-electron chi connectivity index (χ3n) is 3.54. The van der Waals surface area contributed by atoms with Crippen LogP contribution in [0.3, 0.4) is 0 Å². The zero-order chi connectivity index (χ0) is 14.3. The van der Waals surface area contributed by atoms with Crippen LogP contribution in [-0.2, 0) is 6.42 Å². The molecule has 2 aromatic rings. The van der Waals surface area contributed by atoms with E-state index in [4.69, 9.17) is 10.5 Å². The van der Waals surface area contributed by atoms with Crippen molar-refractivity contribution in [2.24, 2.45) is 5.73 Å². The Kier molecular flexibility index (Phi) is 3.52. The summed E-state index contributed by atoms with van der Waals surface area (Å²) in [5, 5.41) is 0. The predicted octanol–water partition coefficient (Wildman–Crippen LogP) is 3.88. The molecule has 0 aliphatic carbocycles. The van der Waals surface area contributed by atoms with E-state index in [0.717, 1.165) is 38.9 Å².